The quantitative estimate of drug-likeness (QED) is 0.871. The molecule has 2 rings (SSSR count). The van der Waals surface area contributed by atoms with E-state index >= 15 is 0 Å². The molecule has 16 heavy (non-hydrogen) atoms. The number of nitrogens with zero attached hydrogens (tertiary/aromatic N) is 1. The molecule has 1 aliphatic heterocycles. The van der Waals surface area contributed by atoms with Gasteiger partial charge in [-0.15, -0.1) is 11.3 Å². The highest BCUT2D eigenvalue weighted by Gasteiger charge is 2.33. The van der Waals surface area contributed by atoms with E-state index in [0.29, 0.717) is 13.1 Å². The molecule has 0 spiro atoms. The number of likely N-dealkylation sites (tertiary alicyclic amines) is 1. The summed E-state index contributed by atoms with van der Waals surface area (Å²) in [5.74, 6) is -0.625. The smallest absolute Gasteiger partial charge is 0.303 e. The molecule has 1 N–H and O–H groups in total. The summed E-state index contributed by atoms with van der Waals surface area (Å²) >= 11 is 1.44. The highest BCUT2D eigenvalue weighted by molar-refractivity contribution is 7.12. The Labute approximate surface area is 97.5 Å². The number of carbonyl (C=O) groups is 2. The van der Waals surface area contributed by atoms with Gasteiger partial charge in [0, 0.05) is 19.0 Å². The summed E-state index contributed by atoms with van der Waals surface area (Å²) in [5, 5.41) is 10.5. The van der Waals surface area contributed by atoms with E-state index in [2.05, 4.69) is 0 Å². The minimum Gasteiger partial charge on any atom is -0.481 e. The number of aryl methyl sites for hydroxylation is 1. The van der Waals surface area contributed by atoms with Crippen molar-refractivity contribution in [2.45, 2.75) is 13.3 Å². The van der Waals surface area contributed by atoms with Gasteiger partial charge in [0.1, 0.15) is 0 Å². The van der Waals surface area contributed by atoms with E-state index in [-0.39, 0.29) is 18.2 Å². The Morgan fingerprint density at radius 2 is 2.25 bits per heavy atom. The van der Waals surface area contributed by atoms with Crippen LogP contribution in [0.1, 0.15) is 21.7 Å². The lowest BCUT2D eigenvalue weighted by Gasteiger charge is -2.38. The lowest BCUT2D eigenvalue weighted by molar-refractivity contribution is -0.139. The first kappa shape index (κ1) is 11.1. The minimum atomic E-state index is -0.788. The SMILES string of the molecule is Cc1ccsc1C(=O)N1CC(CC(=O)O)C1. The molecule has 0 saturated carbocycles. The second kappa shape index (κ2) is 4.25. The molecule has 0 radical (unpaired) electrons. The van der Waals surface area contributed by atoms with E-state index in [1.54, 1.807) is 4.90 Å². The van der Waals surface area contributed by atoms with E-state index in [9.17, 15) is 9.59 Å². The van der Waals surface area contributed by atoms with Crippen molar-refractivity contribution in [2.24, 2.45) is 5.92 Å². The third-order valence-corrected chi connectivity index (χ3v) is 3.77. The molecule has 0 atom stereocenters. The average molecular weight is 239 g/mol. The van der Waals surface area contributed by atoms with Crippen molar-refractivity contribution in [2.75, 3.05) is 13.1 Å². The zero-order valence-electron chi connectivity index (χ0n) is 8.97. The Morgan fingerprint density at radius 3 is 2.75 bits per heavy atom. The van der Waals surface area contributed by atoms with Crippen LogP contribution in [0.3, 0.4) is 0 Å². The van der Waals surface area contributed by atoms with Gasteiger partial charge in [0.2, 0.25) is 0 Å². The molecule has 0 unspecified atom stereocenters. The van der Waals surface area contributed by atoms with Crippen LogP contribution >= 0.6 is 11.3 Å². The van der Waals surface area contributed by atoms with Crippen LogP contribution in [-0.4, -0.2) is 35.0 Å². The monoisotopic (exact) mass is 239 g/mol. The van der Waals surface area contributed by atoms with Gasteiger partial charge in [-0.25, -0.2) is 0 Å². The van der Waals surface area contributed by atoms with Crippen LogP contribution in [0.15, 0.2) is 11.4 Å². The van der Waals surface area contributed by atoms with Crippen LogP contribution in [0.4, 0.5) is 0 Å². The van der Waals surface area contributed by atoms with Crippen molar-refractivity contribution in [1.82, 2.24) is 4.90 Å². The number of amides is 1. The van der Waals surface area contributed by atoms with Crippen LogP contribution in [-0.2, 0) is 4.79 Å². The third kappa shape index (κ3) is 2.09. The lowest BCUT2D eigenvalue weighted by Crippen LogP contribution is -2.50. The van der Waals surface area contributed by atoms with Crippen LogP contribution in [0.5, 0.6) is 0 Å². The maximum Gasteiger partial charge on any atom is 0.303 e. The molecule has 0 aliphatic carbocycles. The largest absolute Gasteiger partial charge is 0.481 e. The summed E-state index contributed by atoms with van der Waals surface area (Å²) < 4.78 is 0. The first-order valence-corrected chi connectivity index (χ1v) is 6.01. The molecular weight excluding hydrogens is 226 g/mol. The maximum absolute atomic E-state index is 11.9. The summed E-state index contributed by atoms with van der Waals surface area (Å²) in [6.07, 6.45) is 0.160. The number of carboxylic acid groups (broad SMARTS) is 1. The second-order valence-corrected chi connectivity index (χ2v) is 5.02. The Morgan fingerprint density at radius 1 is 1.56 bits per heavy atom. The molecule has 86 valence electrons. The van der Waals surface area contributed by atoms with E-state index in [1.807, 2.05) is 18.4 Å². The highest BCUT2D eigenvalue weighted by atomic mass is 32.1. The van der Waals surface area contributed by atoms with Crippen LogP contribution in [0, 0.1) is 12.8 Å². The molecular formula is C11H13NO3S. The Kier molecular flexibility index (Phi) is 2.96. The summed E-state index contributed by atoms with van der Waals surface area (Å²) in [6, 6.07) is 1.92. The van der Waals surface area contributed by atoms with Crippen LogP contribution < -0.4 is 0 Å². The Balaban J connectivity index is 1.91. The number of carboxylic acids is 1. The van der Waals surface area contributed by atoms with Gasteiger partial charge in [-0.05, 0) is 23.9 Å². The zero-order chi connectivity index (χ0) is 11.7. The normalized spacial score (nSPS) is 15.9. The first-order chi connectivity index (χ1) is 7.58. The summed E-state index contributed by atoms with van der Waals surface area (Å²) in [7, 11) is 0. The molecule has 2 heterocycles. The summed E-state index contributed by atoms with van der Waals surface area (Å²) in [5.41, 5.74) is 0.997. The molecule has 1 fully saturated rings. The molecule has 0 aromatic carbocycles. The van der Waals surface area contributed by atoms with Gasteiger partial charge in [-0.3, -0.25) is 9.59 Å². The van der Waals surface area contributed by atoms with Gasteiger partial charge in [0.05, 0.1) is 11.3 Å². The summed E-state index contributed by atoms with van der Waals surface area (Å²) in [4.78, 5) is 24.9. The molecule has 1 amide bonds. The zero-order valence-corrected chi connectivity index (χ0v) is 9.79. The Hall–Kier alpha value is -1.36. The lowest BCUT2D eigenvalue weighted by atomic mass is 9.96. The predicted octanol–water partition coefficient (Wildman–Crippen LogP) is 1.60. The second-order valence-electron chi connectivity index (χ2n) is 4.11. The van der Waals surface area contributed by atoms with Crippen LogP contribution in [0.2, 0.25) is 0 Å². The molecule has 1 saturated heterocycles. The van der Waals surface area contributed by atoms with Crippen molar-refractivity contribution in [3.05, 3.63) is 21.9 Å². The topological polar surface area (TPSA) is 57.6 Å². The van der Waals surface area contributed by atoms with Crippen molar-refractivity contribution < 1.29 is 14.7 Å². The number of rotatable bonds is 3. The fourth-order valence-electron chi connectivity index (χ4n) is 1.85. The number of hydrogen-bond acceptors (Lipinski definition) is 3. The predicted molar refractivity (Wildman–Crippen MR) is 60.7 cm³/mol. The number of aliphatic carboxylic acids is 1. The van der Waals surface area contributed by atoms with Crippen molar-refractivity contribution >= 4 is 23.2 Å². The highest BCUT2D eigenvalue weighted by Crippen LogP contribution is 2.25. The van der Waals surface area contributed by atoms with Gasteiger partial charge < -0.3 is 10.0 Å². The van der Waals surface area contributed by atoms with Gasteiger partial charge in [0.15, 0.2) is 0 Å². The van der Waals surface area contributed by atoms with Crippen molar-refractivity contribution in [3.8, 4) is 0 Å². The third-order valence-electron chi connectivity index (χ3n) is 2.76. The van der Waals surface area contributed by atoms with Gasteiger partial charge in [-0.1, -0.05) is 0 Å². The van der Waals surface area contributed by atoms with Gasteiger partial charge in [-0.2, -0.15) is 0 Å². The van der Waals surface area contributed by atoms with Gasteiger partial charge in [0.25, 0.3) is 5.91 Å². The van der Waals surface area contributed by atoms with Crippen molar-refractivity contribution in [3.63, 3.8) is 0 Å². The maximum atomic E-state index is 11.9. The number of hydrogen-bond donors (Lipinski definition) is 1. The average Bonchev–Trinajstić information content (AvgIpc) is 2.56. The van der Waals surface area contributed by atoms with E-state index < -0.39 is 5.97 Å². The van der Waals surface area contributed by atoms with E-state index in [0.717, 1.165) is 10.4 Å². The molecule has 5 heteroatoms. The van der Waals surface area contributed by atoms with Crippen LogP contribution in [0.25, 0.3) is 0 Å². The standard InChI is InChI=1S/C11H13NO3S/c1-7-2-3-16-10(7)11(15)12-5-8(6-12)4-9(13)14/h2-3,8H,4-6H2,1H3,(H,13,14). The molecule has 1 aliphatic rings. The fourth-order valence-corrected chi connectivity index (χ4v) is 2.74. The van der Waals surface area contributed by atoms with E-state index in [1.165, 1.54) is 11.3 Å². The number of thiophene rings is 1. The molecule has 4 nitrogen and oxygen atoms in total. The molecule has 0 bridgehead atoms. The minimum absolute atomic E-state index is 0.0362. The Bertz CT molecular complexity index is 421. The van der Waals surface area contributed by atoms with Gasteiger partial charge >= 0.3 is 5.97 Å². The fraction of sp³-hybridized carbons (Fsp3) is 0.455. The molecule has 1 aromatic rings. The van der Waals surface area contributed by atoms with E-state index in [4.69, 9.17) is 5.11 Å². The first-order valence-electron chi connectivity index (χ1n) is 5.13. The molecule has 1 aromatic heterocycles. The number of carbonyl (C=O) groups excluding carboxylic acids is 1. The van der Waals surface area contributed by atoms with Crippen molar-refractivity contribution in [1.29, 1.82) is 0 Å². The summed E-state index contributed by atoms with van der Waals surface area (Å²) in [6.45, 7) is 3.06.